The number of aryl methyl sites for hydroxylation is 1. The number of methoxy groups -OCH3 is 1. The first kappa shape index (κ1) is 15.1. The number of esters is 1. The minimum atomic E-state index is -1.31. The summed E-state index contributed by atoms with van der Waals surface area (Å²) in [5.41, 5.74) is 0.581. The Labute approximate surface area is 120 Å². The van der Waals surface area contributed by atoms with Crippen molar-refractivity contribution in [2.24, 2.45) is 7.05 Å². The van der Waals surface area contributed by atoms with E-state index in [1.54, 1.807) is 19.2 Å². The van der Waals surface area contributed by atoms with Gasteiger partial charge in [0.25, 0.3) is 5.56 Å². The number of ether oxygens (including phenoxy) is 1. The summed E-state index contributed by atoms with van der Waals surface area (Å²) >= 11 is 0. The van der Waals surface area contributed by atoms with Crippen molar-refractivity contribution < 1.29 is 19.7 Å². The van der Waals surface area contributed by atoms with Gasteiger partial charge in [-0.3, -0.25) is 9.59 Å². The van der Waals surface area contributed by atoms with E-state index in [-0.39, 0.29) is 12.0 Å². The van der Waals surface area contributed by atoms with Crippen molar-refractivity contribution in [2.75, 3.05) is 7.11 Å². The van der Waals surface area contributed by atoms with E-state index in [1.165, 1.54) is 24.1 Å². The highest BCUT2D eigenvalue weighted by atomic mass is 16.5. The molecule has 112 valence electrons. The Bertz CT molecular complexity index is 725. The van der Waals surface area contributed by atoms with Crippen molar-refractivity contribution in [3.8, 4) is 0 Å². The summed E-state index contributed by atoms with van der Waals surface area (Å²) in [6, 6.07) is 4.61. The molecular weight excluding hydrogens is 276 g/mol. The molecule has 0 aliphatic rings. The largest absolute Gasteiger partial charge is 0.469 e. The summed E-state index contributed by atoms with van der Waals surface area (Å²) in [5.74, 6) is -0.625. The van der Waals surface area contributed by atoms with Crippen LogP contribution in [0.5, 0.6) is 0 Å². The van der Waals surface area contributed by atoms with Gasteiger partial charge < -0.3 is 19.5 Å². The molecule has 1 heterocycles. The minimum absolute atomic E-state index is 0.253. The Hall–Kier alpha value is -2.25. The van der Waals surface area contributed by atoms with Gasteiger partial charge in [-0.15, -0.1) is 0 Å². The van der Waals surface area contributed by atoms with E-state index in [2.05, 4.69) is 9.72 Å². The number of hydrogen-bond donors (Lipinski definition) is 2. The SMILES string of the molecule is COC(=O)CC(O)C(O)c1ccc2ncn(C)c(=O)c2c1. The second-order valence-corrected chi connectivity index (χ2v) is 4.73. The van der Waals surface area contributed by atoms with Crippen molar-refractivity contribution in [2.45, 2.75) is 18.6 Å². The van der Waals surface area contributed by atoms with Crippen LogP contribution in [0.25, 0.3) is 10.9 Å². The number of rotatable bonds is 4. The van der Waals surface area contributed by atoms with Crippen LogP contribution in [0.4, 0.5) is 0 Å². The van der Waals surface area contributed by atoms with E-state index < -0.39 is 18.2 Å². The summed E-state index contributed by atoms with van der Waals surface area (Å²) in [6.07, 6.45) is -1.53. The summed E-state index contributed by atoms with van der Waals surface area (Å²) in [7, 11) is 2.77. The first-order chi connectivity index (χ1) is 9.93. The molecule has 2 unspecified atom stereocenters. The van der Waals surface area contributed by atoms with E-state index in [9.17, 15) is 19.8 Å². The molecule has 1 aromatic carbocycles. The maximum atomic E-state index is 12.0. The minimum Gasteiger partial charge on any atom is -0.469 e. The lowest BCUT2D eigenvalue weighted by molar-refractivity contribution is -0.144. The van der Waals surface area contributed by atoms with Crippen molar-refractivity contribution >= 4 is 16.9 Å². The third kappa shape index (κ3) is 3.09. The van der Waals surface area contributed by atoms with Gasteiger partial charge in [0.05, 0.1) is 36.9 Å². The Morgan fingerprint density at radius 3 is 2.81 bits per heavy atom. The number of aliphatic hydroxyl groups is 2. The molecule has 7 nitrogen and oxygen atoms in total. The molecule has 0 saturated carbocycles. The summed E-state index contributed by atoms with van der Waals surface area (Å²) < 4.78 is 5.76. The first-order valence-electron chi connectivity index (χ1n) is 6.32. The highest BCUT2D eigenvalue weighted by Crippen LogP contribution is 2.21. The molecule has 0 bridgehead atoms. The molecule has 0 fully saturated rings. The molecule has 0 spiro atoms. The number of hydrogen-bond acceptors (Lipinski definition) is 6. The lowest BCUT2D eigenvalue weighted by Gasteiger charge is -2.17. The topological polar surface area (TPSA) is 102 Å². The highest BCUT2D eigenvalue weighted by Gasteiger charge is 2.22. The molecule has 21 heavy (non-hydrogen) atoms. The fraction of sp³-hybridized carbons (Fsp3) is 0.357. The van der Waals surface area contributed by atoms with E-state index in [0.29, 0.717) is 16.5 Å². The van der Waals surface area contributed by atoms with Gasteiger partial charge >= 0.3 is 5.97 Å². The normalized spacial score (nSPS) is 13.9. The maximum Gasteiger partial charge on any atom is 0.308 e. The van der Waals surface area contributed by atoms with Gasteiger partial charge in [0.15, 0.2) is 0 Å². The van der Waals surface area contributed by atoms with Crippen LogP contribution in [0.3, 0.4) is 0 Å². The molecule has 2 atom stereocenters. The Morgan fingerprint density at radius 1 is 1.43 bits per heavy atom. The second kappa shape index (κ2) is 6.02. The van der Waals surface area contributed by atoms with Crippen LogP contribution >= 0.6 is 0 Å². The average molecular weight is 292 g/mol. The Morgan fingerprint density at radius 2 is 2.14 bits per heavy atom. The maximum absolute atomic E-state index is 12.0. The van der Waals surface area contributed by atoms with Crippen LogP contribution in [0.1, 0.15) is 18.1 Å². The molecule has 2 N–H and O–H groups in total. The van der Waals surface area contributed by atoms with Crippen LogP contribution < -0.4 is 5.56 Å². The van der Waals surface area contributed by atoms with Crippen molar-refractivity contribution in [1.82, 2.24) is 9.55 Å². The molecule has 0 aliphatic heterocycles. The van der Waals surface area contributed by atoms with Gasteiger partial charge in [0, 0.05) is 7.05 Å². The zero-order chi connectivity index (χ0) is 15.6. The third-order valence-corrected chi connectivity index (χ3v) is 3.25. The predicted octanol–water partition coefficient (Wildman–Crippen LogP) is -0.109. The highest BCUT2D eigenvalue weighted by molar-refractivity contribution is 5.78. The van der Waals surface area contributed by atoms with Crippen LogP contribution in [0.2, 0.25) is 0 Å². The number of aromatic nitrogens is 2. The van der Waals surface area contributed by atoms with Gasteiger partial charge in [0.1, 0.15) is 6.10 Å². The number of nitrogens with zero attached hydrogens (tertiary/aromatic N) is 2. The number of carbonyl (C=O) groups excluding carboxylic acids is 1. The number of benzene rings is 1. The van der Waals surface area contributed by atoms with Gasteiger partial charge in [-0.25, -0.2) is 4.98 Å². The molecule has 1 aromatic heterocycles. The average Bonchev–Trinajstić information content (AvgIpc) is 2.49. The van der Waals surface area contributed by atoms with Gasteiger partial charge in [-0.05, 0) is 17.7 Å². The van der Waals surface area contributed by atoms with Gasteiger partial charge in [-0.2, -0.15) is 0 Å². The molecule has 2 aromatic rings. The Balaban J connectivity index is 2.36. The lowest BCUT2D eigenvalue weighted by atomic mass is 10.0. The number of aliphatic hydroxyl groups excluding tert-OH is 2. The van der Waals surface area contributed by atoms with E-state index in [1.807, 2.05) is 0 Å². The molecule has 2 rings (SSSR count). The molecule has 0 amide bonds. The van der Waals surface area contributed by atoms with Crippen molar-refractivity contribution in [3.63, 3.8) is 0 Å². The van der Waals surface area contributed by atoms with E-state index in [0.717, 1.165) is 0 Å². The molecule has 0 saturated heterocycles. The summed E-state index contributed by atoms with van der Waals surface area (Å²) in [4.78, 5) is 27.2. The van der Waals surface area contributed by atoms with Crippen LogP contribution in [0, 0.1) is 0 Å². The summed E-state index contributed by atoms with van der Waals surface area (Å²) in [5, 5.41) is 20.2. The molecule has 0 radical (unpaired) electrons. The summed E-state index contributed by atoms with van der Waals surface area (Å²) in [6.45, 7) is 0. The van der Waals surface area contributed by atoms with Crippen LogP contribution in [-0.2, 0) is 16.6 Å². The van der Waals surface area contributed by atoms with Crippen molar-refractivity contribution in [3.05, 3.63) is 40.4 Å². The van der Waals surface area contributed by atoms with Gasteiger partial charge in [0.2, 0.25) is 0 Å². The van der Waals surface area contributed by atoms with Gasteiger partial charge in [-0.1, -0.05) is 6.07 Å². The standard InChI is InChI=1S/C14H16N2O5/c1-16-7-15-10-4-3-8(5-9(10)14(16)20)13(19)11(17)6-12(18)21-2/h3-5,7,11,13,17,19H,6H2,1-2H3. The first-order valence-corrected chi connectivity index (χ1v) is 6.32. The fourth-order valence-corrected chi connectivity index (χ4v) is 2.00. The smallest absolute Gasteiger partial charge is 0.308 e. The zero-order valence-corrected chi connectivity index (χ0v) is 11.7. The van der Waals surface area contributed by atoms with Crippen molar-refractivity contribution in [1.29, 1.82) is 0 Å². The van der Waals surface area contributed by atoms with E-state index in [4.69, 9.17) is 0 Å². The quantitative estimate of drug-likeness (QED) is 0.762. The number of carbonyl (C=O) groups is 1. The molecule has 0 aliphatic carbocycles. The molecule has 7 heteroatoms. The lowest BCUT2D eigenvalue weighted by Crippen LogP contribution is -2.23. The predicted molar refractivity (Wildman–Crippen MR) is 74.6 cm³/mol. The number of fused-ring (bicyclic) bond motifs is 1. The van der Waals surface area contributed by atoms with E-state index >= 15 is 0 Å². The monoisotopic (exact) mass is 292 g/mol. The molecular formula is C14H16N2O5. The zero-order valence-electron chi connectivity index (χ0n) is 11.7. The van der Waals surface area contributed by atoms with Crippen LogP contribution in [0.15, 0.2) is 29.3 Å². The fourth-order valence-electron chi connectivity index (χ4n) is 2.00. The second-order valence-electron chi connectivity index (χ2n) is 4.73. The third-order valence-electron chi connectivity index (χ3n) is 3.25. The van der Waals surface area contributed by atoms with Crippen LogP contribution in [-0.4, -0.2) is 38.9 Å². The Kier molecular flexibility index (Phi) is 4.35.